The van der Waals surface area contributed by atoms with Crippen molar-refractivity contribution < 1.29 is 19.4 Å². The van der Waals surface area contributed by atoms with E-state index in [1.807, 2.05) is 30.3 Å². The number of phenols is 1. The number of morpholine rings is 1. The number of amides is 1. The Morgan fingerprint density at radius 2 is 2.10 bits per heavy atom. The molecule has 5 rings (SSSR count). The average molecular weight is 558 g/mol. The van der Waals surface area contributed by atoms with Crippen LogP contribution >= 0.6 is 0 Å². The second-order valence-corrected chi connectivity index (χ2v) is 10.3. The van der Waals surface area contributed by atoms with Crippen LogP contribution in [0.3, 0.4) is 0 Å². The van der Waals surface area contributed by atoms with E-state index in [9.17, 15) is 15.2 Å². The van der Waals surface area contributed by atoms with Gasteiger partial charge in [0.25, 0.3) is 0 Å². The van der Waals surface area contributed by atoms with E-state index in [1.165, 1.54) is 6.08 Å². The van der Waals surface area contributed by atoms with Gasteiger partial charge in [0.15, 0.2) is 0 Å². The number of nitriles is 1. The largest absolute Gasteiger partial charge is 0.508 e. The van der Waals surface area contributed by atoms with Gasteiger partial charge in [-0.25, -0.2) is 0 Å². The number of nitrogens with zero attached hydrogens (tertiary/aromatic N) is 6. The fourth-order valence-electron chi connectivity index (χ4n) is 5.29. The SMILES string of the molecule is C=CC(=O)N1CCN(c2cc(CNc3cc(O)cc4ccccc34)nc(OC[C@@H]3CN(C)CCO3)n2)C[C@@H]1CC#N. The lowest BCUT2D eigenvalue weighted by molar-refractivity contribution is -0.128. The van der Waals surface area contributed by atoms with Gasteiger partial charge in [-0.1, -0.05) is 30.8 Å². The van der Waals surface area contributed by atoms with Gasteiger partial charge in [0.1, 0.15) is 24.3 Å². The molecule has 0 radical (unpaired) electrons. The van der Waals surface area contributed by atoms with Crippen LogP contribution in [0.4, 0.5) is 11.5 Å². The summed E-state index contributed by atoms with van der Waals surface area (Å²) in [5.74, 6) is 0.645. The molecule has 3 heterocycles. The van der Waals surface area contributed by atoms with Crippen molar-refractivity contribution in [1.82, 2.24) is 19.8 Å². The molecular weight excluding hydrogens is 522 g/mol. The van der Waals surface area contributed by atoms with Crippen LogP contribution in [0.15, 0.2) is 55.1 Å². The number of carbonyl (C=O) groups excluding carboxylic acids is 1. The van der Waals surface area contributed by atoms with Gasteiger partial charge >= 0.3 is 6.01 Å². The van der Waals surface area contributed by atoms with Crippen LogP contribution in [0.2, 0.25) is 0 Å². The Labute approximate surface area is 239 Å². The Hall–Kier alpha value is -4.40. The van der Waals surface area contributed by atoms with Crippen molar-refractivity contribution >= 4 is 28.2 Å². The van der Waals surface area contributed by atoms with Crippen molar-refractivity contribution in [2.45, 2.75) is 25.1 Å². The summed E-state index contributed by atoms with van der Waals surface area (Å²) in [5, 5.41) is 25.0. The molecule has 11 heteroatoms. The number of ether oxygens (including phenoxy) is 2. The zero-order valence-electron chi connectivity index (χ0n) is 23.2. The van der Waals surface area contributed by atoms with Crippen molar-refractivity contribution in [3.63, 3.8) is 0 Å². The Morgan fingerprint density at radius 1 is 1.24 bits per heavy atom. The van der Waals surface area contributed by atoms with Crippen LogP contribution in [0.25, 0.3) is 10.8 Å². The number of hydrogen-bond donors (Lipinski definition) is 2. The first kappa shape index (κ1) is 28.1. The summed E-state index contributed by atoms with van der Waals surface area (Å²) in [4.78, 5) is 27.7. The lowest BCUT2D eigenvalue weighted by atomic mass is 10.1. The summed E-state index contributed by atoms with van der Waals surface area (Å²) in [6, 6.07) is 15.3. The molecule has 2 aliphatic heterocycles. The zero-order chi connectivity index (χ0) is 28.8. The minimum Gasteiger partial charge on any atom is -0.508 e. The highest BCUT2D eigenvalue weighted by Crippen LogP contribution is 2.29. The summed E-state index contributed by atoms with van der Waals surface area (Å²) in [7, 11) is 2.05. The minimum absolute atomic E-state index is 0.0882. The molecule has 2 aromatic carbocycles. The first-order valence-electron chi connectivity index (χ1n) is 13.7. The average Bonchev–Trinajstić information content (AvgIpc) is 2.98. The summed E-state index contributed by atoms with van der Waals surface area (Å²) in [6.07, 6.45) is 1.40. The highest BCUT2D eigenvalue weighted by atomic mass is 16.5. The maximum absolute atomic E-state index is 12.4. The fraction of sp³-hybridized carbons (Fsp3) is 0.400. The normalized spacial score (nSPS) is 19.5. The number of aromatic nitrogens is 2. The molecule has 41 heavy (non-hydrogen) atoms. The molecule has 0 aliphatic carbocycles. The monoisotopic (exact) mass is 557 g/mol. The molecule has 214 valence electrons. The molecule has 1 aromatic heterocycles. The number of aromatic hydroxyl groups is 1. The van der Waals surface area contributed by atoms with Crippen LogP contribution < -0.4 is 15.0 Å². The Bertz CT molecular complexity index is 1440. The van der Waals surface area contributed by atoms with Crippen LogP contribution in [-0.2, 0) is 16.1 Å². The van der Waals surface area contributed by atoms with Gasteiger partial charge in [0.05, 0.1) is 37.4 Å². The smallest absolute Gasteiger partial charge is 0.318 e. The number of rotatable bonds is 9. The van der Waals surface area contributed by atoms with Crippen molar-refractivity contribution in [2.24, 2.45) is 0 Å². The number of fused-ring (bicyclic) bond motifs is 1. The predicted molar refractivity (Wildman–Crippen MR) is 156 cm³/mol. The Kier molecular flexibility index (Phi) is 8.82. The molecule has 11 nitrogen and oxygen atoms in total. The molecule has 0 unspecified atom stereocenters. The van der Waals surface area contributed by atoms with E-state index in [2.05, 4.69) is 39.8 Å². The topological polar surface area (TPSA) is 127 Å². The van der Waals surface area contributed by atoms with Gasteiger partial charge in [0, 0.05) is 55.9 Å². The lowest BCUT2D eigenvalue weighted by Crippen LogP contribution is -2.55. The standard InChI is InChI=1S/C30H35N7O4/c1-3-29(39)37-11-10-36(18-23(37)8-9-31)28-15-22(33-30(34-28)41-20-25-19-35(2)12-13-40-25)17-32-27-16-24(38)14-21-6-4-5-7-26(21)27/h3-7,14-16,23,25,32,38H,1,8,10-13,17-20H2,2H3/t23-,25-/m0/s1. The number of anilines is 2. The van der Waals surface area contributed by atoms with Crippen molar-refractivity contribution in [1.29, 1.82) is 5.26 Å². The predicted octanol–water partition coefficient (Wildman–Crippen LogP) is 2.77. The zero-order valence-corrected chi connectivity index (χ0v) is 23.2. The number of nitrogens with one attached hydrogen (secondary N) is 1. The van der Waals surface area contributed by atoms with Gasteiger partial charge in [-0.2, -0.15) is 15.2 Å². The fourth-order valence-corrected chi connectivity index (χ4v) is 5.29. The molecular formula is C30H35N7O4. The first-order chi connectivity index (χ1) is 19.9. The molecule has 2 atom stereocenters. The van der Waals surface area contributed by atoms with E-state index < -0.39 is 0 Å². The van der Waals surface area contributed by atoms with Crippen LogP contribution in [0.1, 0.15) is 12.1 Å². The maximum Gasteiger partial charge on any atom is 0.318 e. The maximum atomic E-state index is 12.4. The lowest BCUT2D eigenvalue weighted by Gasteiger charge is -2.40. The summed E-state index contributed by atoms with van der Waals surface area (Å²) in [6.45, 7) is 8.00. The second-order valence-electron chi connectivity index (χ2n) is 10.3. The highest BCUT2D eigenvalue weighted by molar-refractivity contribution is 5.95. The molecule has 3 aromatic rings. The Morgan fingerprint density at radius 3 is 2.90 bits per heavy atom. The minimum atomic E-state index is -0.287. The molecule has 1 amide bonds. The van der Waals surface area contributed by atoms with Crippen LogP contribution in [0.5, 0.6) is 11.8 Å². The number of benzene rings is 2. The molecule has 0 spiro atoms. The van der Waals surface area contributed by atoms with E-state index in [0.717, 1.165) is 29.5 Å². The highest BCUT2D eigenvalue weighted by Gasteiger charge is 2.30. The van der Waals surface area contributed by atoms with E-state index >= 15 is 0 Å². The second kappa shape index (κ2) is 12.8. The number of piperazine rings is 1. The number of likely N-dealkylation sites (N-methyl/N-ethyl adjacent to an activating group) is 1. The molecule has 0 bridgehead atoms. The molecule has 2 saturated heterocycles. The number of phenolic OH excluding ortho intramolecular Hbond substituents is 1. The van der Waals surface area contributed by atoms with Gasteiger partial charge < -0.3 is 34.6 Å². The third kappa shape index (κ3) is 6.85. The van der Waals surface area contributed by atoms with E-state index in [0.29, 0.717) is 50.9 Å². The van der Waals surface area contributed by atoms with Crippen LogP contribution in [-0.4, -0.2) is 95.9 Å². The van der Waals surface area contributed by atoms with E-state index in [-0.39, 0.29) is 36.2 Å². The Balaban J connectivity index is 1.39. The molecule has 2 fully saturated rings. The van der Waals surface area contributed by atoms with Crippen molar-refractivity contribution in [2.75, 3.05) is 63.2 Å². The molecule has 2 aliphatic rings. The van der Waals surface area contributed by atoms with Gasteiger partial charge in [0.2, 0.25) is 5.91 Å². The summed E-state index contributed by atoms with van der Waals surface area (Å²) >= 11 is 0. The third-order valence-electron chi connectivity index (χ3n) is 7.38. The number of hydrogen-bond acceptors (Lipinski definition) is 10. The van der Waals surface area contributed by atoms with Gasteiger partial charge in [-0.15, -0.1) is 0 Å². The molecule has 0 saturated carbocycles. The van der Waals surface area contributed by atoms with Crippen molar-refractivity contribution in [3.8, 4) is 17.8 Å². The summed E-state index contributed by atoms with van der Waals surface area (Å²) < 4.78 is 11.9. The van der Waals surface area contributed by atoms with Crippen molar-refractivity contribution in [3.05, 3.63) is 60.8 Å². The molecule has 2 N–H and O–H groups in total. The number of carbonyl (C=O) groups is 1. The van der Waals surface area contributed by atoms with E-state index in [1.54, 1.807) is 17.0 Å². The van der Waals surface area contributed by atoms with E-state index in [4.69, 9.17) is 14.5 Å². The van der Waals surface area contributed by atoms with Crippen LogP contribution in [0, 0.1) is 11.3 Å². The quantitative estimate of drug-likeness (QED) is 0.379. The van der Waals surface area contributed by atoms with Gasteiger partial charge in [-0.05, 0) is 24.6 Å². The van der Waals surface area contributed by atoms with Gasteiger partial charge in [-0.3, -0.25) is 4.79 Å². The summed E-state index contributed by atoms with van der Waals surface area (Å²) in [5.41, 5.74) is 1.48. The third-order valence-corrected chi connectivity index (χ3v) is 7.38. The first-order valence-corrected chi connectivity index (χ1v) is 13.7.